The molecule has 1 aliphatic rings. The van der Waals surface area contributed by atoms with Crippen molar-refractivity contribution >= 4 is 15.9 Å². The minimum atomic E-state index is 0.280. The van der Waals surface area contributed by atoms with E-state index in [2.05, 4.69) is 61.0 Å². The normalized spacial score (nSPS) is 30.9. The Morgan fingerprint density at radius 3 is 2.44 bits per heavy atom. The number of halogens is 1. The summed E-state index contributed by atoms with van der Waals surface area (Å²) in [5, 5.41) is 0. The highest BCUT2D eigenvalue weighted by Gasteiger charge is 2.50. The molecule has 2 heteroatoms. The van der Waals surface area contributed by atoms with E-state index in [9.17, 15) is 0 Å². The van der Waals surface area contributed by atoms with Crippen LogP contribution in [0.2, 0.25) is 0 Å². The summed E-state index contributed by atoms with van der Waals surface area (Å²) in [6.45, 7) is 6.77. The van der Waals surface area contributed by atoms with Crippen molar-refractivity contribution in [2.24, 2.45) is 5.41 Å². The second-order valence-electron chi connectivity index (χ2n) is 5.56. The molecule has 1 aliphatic carbocycles. The Bertz CT molecular complexity index is 387. The largest absolute Gasteiger partial charge is 0.490 e. The fourth-order valence-electron chi connectivity index (χ4n) is 2.59. The van der Waals surface area contributed by atoms with Crippen LogP contribution in [0.4, 0.5) is 0 Å². The lowest BCUT2D eigenvalue weighted by Gasteiger charge is -2.50. The highest BCUT2D eigenvalue weighted by Crippen LogP contribution is 2.50. The first-order valence-corrected chi connectivity index (χ1v) is 7.91. The van der Waals surface area contributed by atoms with Crippen molar-refractivity contribution in [2.75, 3.05) is 0 Å². The molecule has 18 heavy (non-hydrogen) atoms. The molecule has 100 valence electrons. The average Bonchev–Trinajstić information content (AvgIpc) is 2.40. The number of aryl methyl sites for hydroxylation is 1. The molecule has 0 aliphatic heterocycles. The summed E-state index contributed by atoms with van der Waals surface area (Å²) in [6, 6.07) is 8.60. The molecule has 1 fully saturated rings. The van der Waals surface area contributed by atoms with Crippen LogP contribution in [0.1, 0.15) is 45.6 Å². The van der Waals surface area contributed by atoms with Gasteiger partial charge >= 0.3 is 0 Å². The van der Waals surface area contributed by atoms with Gasteiger partial charge in [0.2, 0.25) is 0 Å². The van der Waals surface area contributed by atoms with Gasteiger partial charge < -0.3 is 4.74 Å². The number of alkyl halides is 1. The molecule has 1 aromatic rings. The van der Waals surface area contributed by atoms with Crippen LogP contribution in [-0.4, -0.2) is 10.9 Å². The number of rotatable bonds is 5. The standard InChI is InChI=1S/C16H23BrO/c1-4-6-12-7-9-13(10-8-12)18-15-11-14(17)16(15,3)5-2/h7-10,14-15H,4-6,11H2,1-3H3. The van der Waals surface area contributed by atoms with Gasteiger partial charge in [0.1, 0.15) is 11.9 Å². The van der Waals surface area contributed by atoms with Crippen LogP contribution in [-0.2, 0) is 6.42 Å². The molecule has 3 atom stereocenters. The second kappa shape index (κ2) is 5.64. The first kappa shape index (κ1) is 13.9. The molecule has 2 rings (SSSR count). The first-order valence-electron chi connectivity index (χ1n) is 6.99. The Kier molecular flexibility index (Phi) is 4.37. The molecule has 0 aromatic heterocycles. The van der Waals surface area contributed by atoms with Crippen molar-refractivity contribution in [3.8, 4) is 5.75 Å². The van der Waals surface area contributed by atoms with Crippen molar-refractivity contribution in [1.29, 1.82) is 0 Å². The molecular weight excluding hydrogens is 288 g/mol. The van der Waals surface area contributed by atoms with E-state index in [4.69, 9.17) is 4.74 Å². The van der Waals surface area contributed by atoms with Gasteiger partial charge in [0.25, 0.3) is 0 Å². The molecule has 3 unspecified atom stereocenters. The lowest BCUT2D eigenvalue weighted by atomic mass is 9.65. The highest BCUT2D eigenvalue weighted by atomic mass is 79.9. The number of hydrogen-bond acceptors (Lipinski definition) is 1. The molecule has 0 heterocycles. The minimum absolute atomic E-state index is 0.280. The molecule has 0 radical (unpaired) electrons. The summed E-state index contributed by atoms with van der Waals surface area (Å²) in [6.07, 6.45) is 4.97. The summed E-state index contributed by atoms with van der Waals surface area (Å²) in [4.78, 5) is 0.597. The molecule has 0 spiro atoms. The van der Waals surface area contributed by atoms with E-state index in [-0.39, 0.29) is 5.41 Å². The topological polar surface area (TPSA) is 9.23 Å². The van der Waals surface area contributed by atoms with E-state index in [1.165, 1.54) is 12.0 Å². The maximum atomic E-state index is 6.13. The summed E-state index contributed by atoms with van der Waals surface area (Å²) in [5.41, 5.74) is 1.68. The molecule has 0 N–H and O–H groups in total. The van der Waals surface area contributed by atoms with Crippen LogP contribution in [0.15, 0.2) is 24.3 Å². The van der Waals surface area contributed by atoms with Crippen molar-refractivity contribution in [3.05, 3.63) is 29.8 Å². The summed E-state index contributed by atoms with van der Waals surface area (Å²) < 4.78 is 6.13. The third kappa shape index (κ3) is 2.59. The van der Waals surface area contributed by atoms with Gasteiger partial charge in [0.15, 0.2) is 0 Å². The maximum Gasteiger partial charge on any atom is 0.119 e. The van der Waals surface area contributed by atoms with Crippen LogP contribution in [0.5, 0.6) is 5.75 Å². The third-order valence-corrected chi connectivity index (χ3v) is 5.79. The van der Waals surface area contributed by atoms with Crippen LogP contribution in [0.25, 0.3) is 0 Å². The Morgan fingerprint density at radius 1 is 1.28 bits per heavy atom. The highest BCUT2D eigenvalue weighted by molar-refractivity contribution is 9.09. The van der Waals surface area contributed by atoms with Gasteiger partial charge in [-0.25, -0.2) is 0 Å². The maximum absolute atomic E-state index is 6.13. The first-order chi connectivity index (χ1) is 8.60. The van der Waals surface area contributed by atoms with E-state index >= 15 is 0 Å². The van der Waals surface area contributed by atoms with E-state index in [0.29, 0.717) is 10.9 Å². The van der Waals surface area contributed by atoms with E-state index in [1.807, 2.05) is 0 Å². The van der Waals surface area contributed by atoms with E-state index in [0.717, 1.165) is 25.0 Å². The Morgan fingerprint density at radius 2 is 1.94 bits per heavy atom. The summed E-state index contributed by atoms with van der Waals surface area (Å²) in [7, 11) is 0. The summed E-state index contributed by atoms with van der Waals surface area (Å²) in [5.74, 6) is 1.01. The van der Waals surface area contributed by atoms with Gasteiger partial charge in [-0.1, -0.05) is 55.3 Å². The molecule has 1 saturated carbocycles. The van der Waals surface area contributed by atoms with Gasteiger partial charge in [-0.15, -0.1) is 0 Å². The van der Waals surface area contributed by atoms with E-state index in [1.54, 1.807) is 0 Å². The molecule has 0 bridgehead atoms. The lowest BCUT2D eigenvalue weighted by molar-refractivity contribution is -0.0243. The molecule has 0 amide bonds. The predicted octanol–water partition coefficient (Wildman–Crippen LogP) is 4.97. The van der Waals surface area contributed by atoms with Crippen molar-refractivity contribution in [1.82, 2.24) is 0 Å². The quantitative estimate of drug-likeness (QED) is 0.698. The molecule has 1 aromatic carbocycles. The van der Waals surface area contributed by atoms with Crippen molar-refractivity contribution in [3.63, 3.8) is 0 Å². The van der Waals surface area contributed by atoms with Crippen LogP contribution >= 0.6 is 15.9 Å². The zero-order chi connectivity index (χ0) is 13.2. The van der Waals surface area contributed by atoms with Crippen LogP contribution in [0, 0.1) is 5.41 Å². The van der Waals surface area contributed by atoms with Gasteiger partial charge in [-0.3, -0.25) is 0 Å². The lowest BCUT2D eigenvalue weighted by Crippen LogP contribution is -2.54. The fraction of sp³-hybridized carbons (Fsp3) is 0.625. The molecular formula is C16H23BrO. The molecule has 1 nitrogen and oxygen atoms in total. The van der Waals surface area contributed by atoms with E-state index < -0.39 is 0 Å². The average molecular weight is 311 g/mol. The minimum Gasteiger partial charge on any atom is -0.490 e. The van der Waals surface area contributed by atoms with Gasteiger partial charge in [0.05, 0.1) is 0 Å². The smallest absolute Gasteiger partial charge is 0.119 e. The predicted molar refractivity (Wildman–Crippen MR) is 80.6 cm³/mol. The summed E-state index contributed by atoms with van der Waals surface area (Å²) >= 11 is 3.75. The number of benzene rings is 1. The SMILES string of the molecule is CCCc1ccc(OC2CC(Br)C2(C)CC)cc1. The van der Waals surface area contributed by atoms with Gasteiger partial charge in [-0.05, 0) is 37.0 Å². The Labute approximate surface area is 119 Å². The Balaban J connectivity index is 1.98. The monoisotopic (exact) mass is 310 g/mol. The van der Waals surface area contributed by atoms with Gasteiger partial charge in [0, 0.05) is 10.2 Å². The molecule has 0 saturated heterocycles. The fourth-order valence-corrected chi connectivity index (χ4v) is 3.55. The van der Waals surface area contributed by atoms with Crippen LogP contribution in [0.3, 0.4) is 0 Å². The second-order valence-corrected chi connectivity index (χ2v) is 6.67. The zero-order valence-corrected chi connectivity index (χ0v) is 13.2. The Hall–Kier alpha value is -0.500. The number of hydrogen-bond donors (Lipinski definition) is 0. The zero-order valence-electron chi connectivity index (χ0n) is 11.6. The third-order valence-electron chi connectivity index (χ3n) is 4.37. The van der Waals surface area contributed by atoms with Gasteiger partial charge in [-0.2, -0.15) is 0 Å². The van der Waals surface area contributed by atoms with Crippen LogP contribution < -0.4 is 4.74 Å². The number of ether oxygens (including phenoxy) is 1. The van der Waals surface area contributed by atoms with Crippen molar-refractivity contribution in [2.45, 2.75) is 57.4 Å². The van der Waals surface area contributed by atoms with Crippen molar-refractivity contribution < 1.29 is 4.74 Å².